The van der Waals surface area contributed by atoms with Crippen LogP contribution >= 0.6 is 0 Å². The van der Waals surface area contributed by atoms with E-state index >= 15 is 0 Å². The van der Waals surface area contributed by atoms with Gasteiger partial charge >= 0.3 is 0 Å². The lowest BCUT2D eigenvalue weighted by Crippen LogP contribution is -1.81. The summed E-state index contributed by atoms with van der Waals surface area (Å²) in [5.74, 6) is 0. The fourth-order valence-electron chi connectivity index (χ4n) is 1.71. The van der Waals surface area contributed by atoms with Gasteiger partial charge in [-0.2, -0.15) is 0 Å². The summed E-state index contributed by atoms with van der Waals surface area (Å²) in [6, 6.07) is 12.4. The van der Waals surface area contributed by atoms with Gasteiger partial charge in [0.15, 0.2) is 0 Å². The minimum Gasteiger partial charge on any atom is -0.516 e. The zero-order valence-corrected chi connectivity index (χ0v) is 8.07. The molecule has 2 aromatic carbocycles. The van der Waals surface area contributed by atoms with Gasteiger partial charge in [-0.3, -0.25) is 0 Å². The fraction of sp³-hybridized carbons (Fsp3) is 0.0769. The van der Waals surface area contributed by atoms with E-state index < -0.39 is 0 Å². The molecule has 0 heterocycles. The Kier molecular flexibility index (Phi) is 2.23. The van der Waals surface area contributed by atoms with Crippen LogP contribution in [0, 0.1) is 6.92 Å². The van der Waals surface area contributed by atoms with Crippen molar-refractivity contribution >= 4 is 16.8 Å². The largest absolute Gasteiger partial charge is 0.516 e. The summed E-state index contributed by atoms with van der Waals surface area (Å²) in [6.07, 6.45) is 2.80. The van der Waals surface area contributed by atoms with E-state index in [2.05, 4.69) is 31.2 Å². The molecule has 2 aromatic rings. The van der Waals surface area contributed by atoms with Crippen LogP contribution < -0.4 is 0 Å². The standard InChI is InChI=1S/C13H12O/c1-10-8-11-4-2-3-5-13(11)12(9-10)6-7-14/h2-9,14H,1H3. The van der Waals surface area contributed by atoms with Crippen LogP contribution in [-0.4, -0.2) is 5.11 Å². The van der Waals surface area contributed by atoms with E-state index in [4.69, 9.17) is 5.11 Å². The molecule has 0 amide bonds. The van der Waals surface area contributed by atoms with Gasteiger partial charge in [0.05, 0.1) is 6.26 Å². The van der Waals surface area contributed by atoms with Gasteiger partial charge in [-0.25, -0.2) is 0 Å². The molecule has 0 spiro atoms. The van der Waals surface area contributed by atoms with Gasteiger partial charge in [0.2, 0.25) is 0 Å². The van der Waals surface area contributed by atoms with Gasteiger partial charge in [-0.05, 0) is 34.9 Å². The summed E-state index contributed by atoms with van der Waals surface area (Å²) in [6.45, 7) is 2.06. The Morgan fingerprint density at radius 1 is 1.14 bits per heavy atom. The van der Waals surface area contributed by atoms with E-state index in [1.807, 2.05) is 12.1 Å². The normalized spacial score (nSPS) is 11.2. The number of aryl methyl sites for hydroxylation is 1. The average molecular weight is 184 g/mol. The van der Waals surface area contributed by atoms with Crippen LogP contribution in [0.3, 0.4) is 0 Å². The van der Waals surface area contributed by atoms with Gasteiger partial charge in [-0.15, -0.1) is 0 Å². The first-order chi connectivity index (χ1) is 6.81. The minimum absolute atomic E-state index is 1.06. The quantitative estimate of drug-likeness (QED) is 0.670. The molecule has 0 aliphatic heterocycles. The molecule has 14 heavy (non-hydrogen) atoms. The number of benzene rings is 2. The summed E-state index contributed by atoms with van der Waals surface area (Å²) >= 11 is 0. The van der Waals surface area contributed by atoms with Crippen LogP contribution in [0.5, 0.6) is 0 Å². The first kappa shape index (κ1) is 8.82. The van der Waals surface area contributed by atoms with Crippen LogP contribution in [-0.2, 0) is 0 Å². The van der Waals surface area contributed by atoms with Crippen molar-refractivity contribution in [2.24, 2.45) is 0 Å². The van der Waals surface area contributed by atoms with Crippen LogP contribution in [0.15, 0.2) is 42.7 Å². The molecule has 0 atom stereocenters. The predicted octanol–water partition coefficient (Wildman–Crippen LogP) is 3.68. The third-order valence-electron chi connectivity index (χ3n) is 2.29. The lowest BCUT2D eigenvalue weighted by atomic mass is 10.0. The zero-order valence-electron chi connectivity index (χ0n) is 8.07. The molecule has 0 aliphatic carbocycles. The Morgan fingerprint density at radius 3 is 2.71 bits per heavy atom. The van der Waals surface area contributed by atoms with Gasteiger partial charge in [0, 0.05) is 0 Å². The molecule has 0 saturated carbocycles. The molecule has 1 heteroatoms. The number of aliphatic hydroxyl groups is 1. The van der Waals surface area contributed by atoms with Crippen molar-refractivity contribution < 1.29 is 5.11 Å². The Balaban J connectivity index is 2.79. The molecule has 2 rings (SSSR count). The summed E-state index contributed by atoms with van der Waals surface area (Å²) in [5.41, 5.74) is 2.26. The third kappa shape index (κ3) is 1.49. The second-order valence-corrected chi connectivity index (χ2v) is 3.39. The zero-order chi connectivity index (χ0) is 9.97. The second kappa shape index (κ2) is 3.54. The molecular weight excluding hydrogens is 172 g/mol. The average Bonchev–Trinajstić information content (AvgIpc) is 2.18. The van der Waals surface area contributed by atoms with Crippen molar-refractivity contribution in [1.82, 2.24) is 0 Å². The summed E-state index contributed by atoms with van der Waals surface area (Å²) in [7, 11) is 0. The Morgan fingerprint density at radius 2 is 1.93 bits per heavy atom. The number of hydrogen-bond donors (Lipinski definition) is 1. The summed E-state index contributed by atoms with van der Waals surface area (Å²) in [5, 5.41) is 11.2. The molecule has 0 fully saturated rings. The van der Waals surface area contributed by atoms with Crippen LogP contribution in [0.2, 0.25) is 0 Å². The second-order valence-electron chi connectivity index (χ2n) is 3.39. The predicted molar refractivity (Wildman–Crippen MR) is 60.3 cm³/mol. The van der Waals surface area contributed by atoms with Crippen molar-refractivity contribution in [3.63, 3.8) is 0 Å². The van der Waals surface area contributed by atoms with E-state index in [0.29, 0.717) is 0 Å². The highest BCUT2D eigenvalue weighted by Gasteiger charge is 1.98. The smallest absolute Gasteiger partial charge is 0.0797 e. The van der Waals surface area contributed by atoms with Gasteiger partial charge < -0.3 is 5.11 Å². The summed E-state index contributed by atoms with van der Waals surface area (Å²) in [4.78, 5) is 0. The third-order valence-corrected chi connectivity index (χ3v) is 2.29. The molecular formula is C13H12O. The molecule has 1 N–H and O–H groups in total. The molecule has 0 saturated heterocycles. The number of hydrogen-bond acceptors (Lipinski definition) is 1. The fourth-order valence-corrected chi connectivity index (χ4v) is 1.71. The molecule has 0 aromatic heterocycles. The maximum absolute atomic E-state index is 8.79. The van der Waals surface area contributed by atoms with Gasteiger partial charge in [0.25, 0.3) is 0 Å². The van der Waals surface area contributed by atoms with Crippen molar-refractivity contribution in [2.75, 3.05) is 0 Å². The SMILES string of the molecule is Cc1cc(C=CO)c2ccccc2c1. The van der Waals surface area contributed by atoms with E-state index in [1.165, 1.54) is 16.3 Å². The van der Waals surface area contributed by atoms with E-state index in [-0.39, 0.29) is 0 Å². The van der Waals surface area contributed by atoms with Crippen molar-refractivity contribution in [1.29, 1.82) is 0 Å². The first-order valence-corrected chi connectivity index (χ1v) is 4.61. The maximum Gasteiger partial charge on any atom is 0.0797 e. The Labute approximate surface area is 83.3 Å². The van der Waals surface area contributed by atoms with Crippen molar-refractivity contribution in [2.45, 2.75) is 6.92 Å². The highest BCUT2D eigenvalue weighted by Crippen LogP contribution is 2.21. The number of rotatable bonds is 1. The minimum atomic E-state index is 1.06. The Bertz CT molecular complexity index is 484. The topological polar surface area (TPSA) is 20.2 Å². The molecule has 1 nitrogen and oxygen atoms in total. The van der Waals surface area contributed by atoms with Gasteiger partial charge in [-0.1, -0.05) is 36.4 Å². The molecule has 0 bridgehead atoms. The highest BCUT2D eigenvalue weighted by molar-refractivity contribution is 5.91. The van der Waals surface area contributed by atoms with Crippen LogP contribution in [0.1, 0.15) is 11.1 Å². The molecule has 0 aliphatic rings. The molecule has 70 valence electrons. The highest BCUT2D eigenvalue weighted by atomic mass is 16.2. The number of aliphatic hydroxyl groups excluding tert-OH is 1. The lowest BCUT2D eigenvalue weighted by molar-refractivity contribution is 0.478. The van der Waals surface area contributed by atoms with Crippen LogP contribution in [0.4, 0.5) is 0 Å². The van der Waals surface area contributed by atoms with Crippen molar-refractivity contribution in [3.05, 3.63) is 53.8 Å². The van der Waals surface area contributed by atoms with Gasteiger partial charge in [0.1, 0.15) is 0 Å². The number of fused-ring (bicyclic) bond motifs is 1. The Hall–Kier alpha value is -1.76. The maximum atomic E-state index is 8.79. The van der Waals surface area contributed by atoms with Crippen molar-refractivity contribution in [3.8, 4) is 0 Å². The van der Waals surface area contributed by atoms with E-state index in [9.17, 15) is 0 Å². The first-order valence-electron chi connectivity index (χ1n) is 4.61. The van der Waals surface area contributed by atoms with Crippen LogP contribution in [0.25, 0.3) is 16.8 Å². The monoisotopic (exact) mass is 184 g/mol. The lowest BCUT2D eigenvalue weighted by Gasteiger charge is -2.03. The molecule has 0 radical (unpaired) electrons. The van der Waals surface area contributed by atoms with E-state index in [0.717, 1.165) is 11.8 Å². The molecule has 0 unspecified atom stereocenters. The summed E-state index contributed by atoms with van der Waals surface area (Å²) < 4.78 is 0. The van der Waals surface area contributed by atoms with E-state index in [1.54, 1.807) is 6.08 Å².